The predicted molar refractivity (Wildman–Crippen MR) is 83.6 cm³/mol. The van der Waals surface area contributed by atoms with Gasteiger partial charge in [-0.3, -0.25) is 4.79 Å². The molecule has 1 aromatic carbocycles. The van der Waals surface area contributed by atoms with E-state index in [1.165, 1.54) is 18.3 Å². The highest BCUT2D eigenvalue weighted by Crippen LogP contribution is 2.55. The van der Waals surface area contributed by atoms with E-state index in [2.05, 4.69) is 20.9 Å². The second-order valence-corrected chi connectivity index (χ2v) is 6.82. The molecule has 3 rings (SSSR count). The smallest absolute Gasteiger partial charge is 0.223 e. The number of aromatic nitrogens is 1. The van der Waals surface area contributed by atoms with Crippen LogP contribution in [0.1, 0.15) is 28.8 Å². The summed E-state index contributed by atoms with van der Waals surface area (Å²) in [6.45, 7) is 0. The van der Waals surface area contributed by atoms with Crippen LogP contribution in [0.2, 0.25) is 10.0 Å². The summed E-state index contributed by atoms with van der Waals surface area (Å²) in [6, 6.07) is 3.84. The van der Waals surface area contributed by atoms with Gasteiger partial charge in [-0.2, -0.15) is 4.39 Å². The summed E-state index contributed by atoms with van der Waals surface area (Å²) in [7, 11) is 0. The van der Waals surface area contributed by atoms with Gasteiger partial charge in [0.25, 0.3) is 0 Å². The topological polar surface area (TPSA) is 30.0 Å². The monoisotopic (exact) mass is 405 g/mol. The Labute approximate surface area is 143 Å². The van der Waals surface area contributed by atoms with Crippen LogP contribution < -0.4 is 0 Å². The molecule has 114 valence electrons. The summed E-state index contributed by atoms with van der Waals surface area (Å²) in [4.78, 5) is 16.3. The Kier molecular flexibility index (Phi) is 4.00. The summed E-state index contributed by atoms with van der Waals surface area (Å²) >= 11 is 15.3. The highest BCUT2D eigenvalue weighted by molar-refractivity contribution is 9.10. The van der Waals surface area contributed by atoms with Gasteiger partial charge >= 0.3 is 0 Å². The van der Waals surface area contributed by atoms with Gasteiger partial charge in [0, 0.05) is 21.3 Å². The number of benzene rings is 1. The van der Waals surface area contributed by atoms with Gasteiger partial charge in [-0.05, 0) is 47.0 Å². The summed E-state index contributed by atoms with van der Waals surface area (Å²) in [6.07, 6.45) is 2.12. The Balaban J connectivity index is 2.14. The molecule has 1 fully saturated rings. The highest BCUT2D eigenvalue weighted by atomic mass is 79.9. The lowest BCUT2D eigenvalue weighted by molar-refractivity contribution is 0.0941. The zero-order chi connectivity index (χ0) is 16.1. The summed E-state index contributed by atoms with van der Waals surface area (Å²) < 4.78 is 28.1. The molecule has 7 heteroatoms. The van der Waals surface area contributed by atoms with Gasteiger partial charge in [0.1, 0.15) is 5.82 Å². The fourth-order valence-electron chi connectivity index (χ4n) is 2.52. The van der Waals surface area contributed by atoms with Crippen LogP contribution in [-0.4, -0.2) is 10.8 Å². The number of Topliss-reactive ketones (excluding diaryl/α,β-unsaturated/α-hetero) is 1. The van der Waals surface area contributed by atoms with Gasteiger partial charge < -0.3 is 0 Å². The van der Waals surface area contributed by atoms with Gasteiger partial charge in [0.2, 0.25) is 5.95 Å². The molecule has 0 N–H and O–H groups in total. The first kappa shape index (κ1) is 15.8. The van der Waals surface area contributed by atoms with E-state index in [1.54, 1.807) is 0 Å². The van der Waals surface area contributed by atoms with Crippen molar-refractivity contribution in [3.8, 4) is 0 Å². The fourth-order valence-corrected chi connectivity index (χ4v) is 3.58. The first-order valence-electron chi connectivity index (χ1n) is 6.36. The van der Waals surface area contributed by atoms with Crippen LogP contribution in [0, 0.1) is 11.8 Å². The van der Waals surface area contributed by atoms with Crippen LogP contribution in [0.25, 0.3) is 0 Å². The average Bonchev–Trinajstić information content (AvgIpc) is 3.27. The first-order valence-corrected chi connectivity index (χ1v) is 7.91. The maximum absolute atomic E-state index is 13.9. The molecule has 2 nitrogen and oxygen atoms in total. The zero-order valence-electron chi connectivity index (χ0n) is 11.0. The zero-order valence-corrected chi connectivity index (χ0v) is 14.1. The third kappa shape index (κ3) is 2.45. The quantitative estimate of drug-likeness (QED) is 0.391. The number of hydrogen-bond donors (Lipinski definition) is 0. The molecule has 1 saturated carbocycles. The molecule has 0 spiro atoms. The highest BCUT2D eigenvalue weighted by Gasteiger charge is 2.54. The molecule has 1 aromatic heterocycles. The summed E-state index contributed by atoms with van der Waals surface area (Å²) in [5, 5.41) is 0.00216. The maximum Gasteiger partial charge on any atom is 0.223 e. The standard InChI is InChI=1S/C15H8BrCl2F2NO/c16-7-5-8(14(20)21-6-7)13(22)15(3-4-15)11-9(17)1-2-10(19)12(11)18/h1-2,5-6H,3-4H2. The van der Waals surface area contributed by atoms with Crippen molar-refractivity contribution in [3.05, 3.63) is 61.8 Å². The van der Waals surface area contributed by atoms with E-state index in [-0.39, 0.29) is 21.2 Å². The van der Waals surface area contributed by atoms with E-state index in [0.717, 1.165) is 6.07 Å². The van der Waals surface area contributed by atoms with Crippen LogP contribution in [0.4, 0.5) is 8.78 Å². The van der Waals surface area contributed by atoms with Crippen LogP contribution >= 0.6 is 39.1 Å². The van der Waals surface area contributed by atoms with Crippen LogP contribution in [-0.2, 0) is 5.41 Å². The summed E-state index contributed by atoms with van der Waals surface area (Å²) in [5.41, 5.74) is -1.02. The van der Waals surface area contributed by atoms with Crippen molar-refractivity contribution in [3.63, 3.8) is 0 Å². The molecular formula is C15H8BrCl2F2NO. The van der Waals surface area contributed by atoms with Crippen LogP contribution in [0.15, 0.2) is 28.9 Å². The third-order valence-corrected chi connectivity index (χ3v) is 4.88. The summed E-state index contributed by atoms with van der Waals surface area (Å²) in [5.74, 6) is -2.02. The lowest BCUT2D eigenvalue weighted by Crippen LogP contribution is -2.23. The number of halogens is 5. The predicted octanol–water partition coefficient (Wildman–Crippen LogP) is 5.34. The molecule has 0 bridgehead atoms. The van der Waals surface area contributed by atoms with Crippen molar-refractivity contribution < 1.29 is 13.6 Å². The Hall–Kier alpha value is -1.04. The molecule has 1 aliphatic rings. The van der Waals surface area contributed by atoms with Crippen molar-refractivity contribution >= 4 is 44.9 Å². The van der Waals surface area contributed by atoms with Gasteiger partial charge in [0.05, 0.1) is 16.0 Å². The minimum absolute atomic E-state index is 0.164. The van der Waals surface area contributed by atoms with Crippen molar-refractivity contribution in [2.75, 3.05) is 0 Å². The lowest BCUT2D eigenvalue weighted by atomic mass is 9.87. The molecule has 1 aliphatic carbocycles. The Morgan fingerprint density at radius 3 is 2.59 bits per heavy atom. The van der Waals surface area contributed by atoms with Crippen molar-refractivity contribution in [2.24, 2.45) is 0 Å². The van der Waals surface area contributed by atoms with Crippen molar-refractivity contribution in [1.82, 2.24) is 4.98 Å². The van der Waals surface area contributed by atoms with E-state index >= 15 is 0 Å². The normalized spacial score (nSPS) is 15.7. The van der Waals surface area contributed by atoms with Gasteiger partial charge in [-0.1, -0.05) is 23.2 Å². The number of rotatable bonds is 3. The number of pyridine rings is 1. The third-order valence-electron chi connectivity index (χ3n) is 3.76. The number of carbonyl (C=O) groups is 1. The molecule has 2 aromatic rings. The number of ketones is 1. The average molecular weight is 407 g/mol. The molecule has 0 aliphatic heterocycles. The fraction of sp³-hybridized carbons (Fsp3) is 0.200. The van der Waals surface area contributed by atoms with Crippen molar-refractivity contribution in [1.29, 1.82) is 0 Å². The van der Waals surface area contributed by atoms with E-state index in [1.807, 2.05) is 0 Å². The molecule has 0 unspecified atom stereocenters. The Morgan fingerprint density at radius 1 is 1.27 bits per heavy atom. The molecular weight excluding hydrogens is 399 g/mol. The molecule has 0 radical (unpaired) electrons. The maximum atomic E-state index is 13.9. The minimum atomic E-state index is -1.08. The molecule has 22 heavy (non-hydrogen) atoms. The number of hydrogen-bond acceptors (Lipinski definition) is 2. The SMILES string of the molecule is O=C(c1cc(Br)cnc1F)C1(c2c(Cl)ccc(F)c2Cl)CC1. The van der Waals surface area contributed by atoms with Crippen LogP contribution in [0.3, 0.4) is 0 Å². The van der Waals surface area contributed by atoms with Gasteiger partial charge in [-0.15, -0.1) is 0 Å². The minimum Gasteiger partial charge on any atom is -0.293 e. The molecule has 1 heterocycles. The Morgan fingerprint density at radius 2 is 1.95 bits per heavy atom. The van der Waals surface area contributed by atoms with Gasteiger partial charge in [-0.25, -0.2) is 9.37 Å². The number of nitrogens with zero attached hydrogens (tertiary/aromatic N) is 1. The molecule has 0 amide bonds. The van der Waals surface area contributed by atoms with E-state index < -0.39 is 23.0 Å². The van der Waals surface area contributed by atoms with E-state index in [4.69, 9.17) is 23.2 Å². The first-order chi connectivity index (χ1) is 10.4. The number of carbonyl (C=O) groups excluding carboxylic acids is 1. The van der Waals surface area contributed by atoms with E-state index in [0.29, 0.717) is 17.3 Å². The lowest BCUT2D eigenvalue weighted by Gasteiger charge is -2.18. The molecule has 0 atom stereocenters. The Bertz CT molecular complexity index is 793. The van der Waals surface area contributed by atoms with Crippen molar-refractivity contribution in [2.45, 2.75) is 18.3 Å². The second-order valence-electron chi connectivity index (χ2n) is 5.12. The van der Waals surface area contributed by atoms with Gasteiger partial charge in [0.15, 0.2) is 5.78 Å². The van der Waals surface area contributed by atoms with Crippen LogP contribution in [0.5, 0.6) is 0 Å². The molecule has 0 saturated heterocycles. The second kappa shape index (κ2) is 5.55. The van der Waals surface area contributed by atoms with E-state index in [9.17, 15) is 13.6 Å². The largest absolute Gasteiger partial charge is 0.293 e.